The molecule has 16 heavy (non-hydrogen) atoms. The summed E-state index contributed by atoms with van der Waals surface area (Å²) in [5.74, 6) is 0.198. The van der Waals surface area contributed by atoms with E-state index in [-0.39, 0.29) is 12.0 Å². The largest absolute Gasteiger partial charge is 0.393 e. The number of thiazole rings is 1. The maximum absolute atomic E-state index is 11.6. The third-order valence-electron chi connectivity index (χ3n) is 2.82. The number of nitrogens with zero attached hydrogens (tertiary/aromatic N) is 1. The van der Waals surface area contributed by atoms with Crippen LogP contribution >= 0.6 is 11.3 Å². The maximum Gasteiger partial charge on any atom is 0.270 e. The van der Waals surface area contributed by atoms with Gasteiger partial charge in [-0.15, -0.1) is 11.3 Å². The minimum atomic E-state index is -0.197. The molecular weight excluding hydrogens is 226 g/mol. The second-order valence-electron chi connectivity index (χ2n) is 4.11. The Hall–Kier alpha value is -1.14. The van der Waals surface area contributed by atoms with Crippen molar-refractivity contribution in [2.24, 2.45) is 5.92 Å². The molecule has 0 spiro atoms. The van der Waals surface area contributed by atoms with Crippen LogP contribution in [0.25, 0.3) is 0 Å². The Balaban J connectivity index is 1.80. The van der Waals surface area contributed by atoms with E-state index in [4.69, 9.17) is 5.73 Å². The smallest absolute Gasteiger partial charge is 0.270 e. The van der Waals surface area contributed by atoms with Gasteiger partial charge in [-0.2, -0.15) is 0 Å². The molecule has 1 fully saturated rings. The third-order valence-corrected chi connectivity index (χ3v) is 3.49. The Labute approximate surface area is 97.7 Å². The quantitative estimate of drug-likeness (QED) is 0.723. The van der Waals surface area contributed by atoms with Gasteiger partial charge in [-0.3, -0.25) is 4.79 Å². The first-order valence-corrected chi connectivity index (χ1v) is 6.20. The van der Waals surface area contributed by atoms with Crippen LogP contribution < -0.4 is 11.1 Å². The number of carbonyl (C=O) groups excluding carboxylic acids is 1. The number of nitrogens with two attached hydrogens (primary N) is 1. The molecule has 5 nitrogen and oxygen atoms in total. The Kier molecular flexibility index (Phi) is 3.40. The normalized spacial score (nSPS) is 24.6. The van der Waals surface area contributed by atoms with Crippen LogP contribution in [0.3, 0.4) is 0 Å². The van der Waals surface area contributed by atoms with Crippen molar-refractivity contribution in [2.75, 3.05) is 12.3 Å². The minimum absolute atomic E-state index is 0.186. The number of rotatable bonds is 3. The van der Waals surface area contributed by atoms with Crippen molar-refractivity contribution in [1.29, 1.82) is 0 Å². The summed E-state index contributed by atoms with van der Waals surface area (Å²) in [6.45, 7) is 0.604. The Morgan fingerprint density at radius 3 is 3.06 bits per heavy atom. The van der Waals surface area contributed by atoms with Crippen molar-refractivity contribution in [2.45, 2.75) is 25.4 Å². The van der Waals surface area contributed by atoms with Gasteiger partial charge < -0.3 is 16.2 Å². The number of aliphatic hydroxyl groups is 1. The van der Waals surface area contributed by atoms with Crippen LogP contribution in [0.4, 0.5) is 5.13 Å². The first-order valence-electron chi connectivity index (χ1n) is 5.32. The Bertz CT molecular complexity index is 380. The number of amides is 1. The standard InChI is InChI=1S/C10H15N3O2S/c11-10-13-8(5-16-10)9(15)12-4-6-1-2-7(14)3-6/h5-7,14H,1-4H2,(H2,11,13)(H,12,15). The van der Waals surface area contributed by atoms with E-state index in [9.17, 15) is 9.90 Å². The van der Waals surface area contributed by atoms with Gasteiger partial charge in [0.1, 0.15) is 5.69 Å². The van der Waals surface area contributed by atoms with Crippen molar-refractivity contribution >= 4 is 22.4 Å². The van der Waals surface area contributed by atoms with E-state index < -0.39 is 0 Å². The SMILES string of the molecule is Nc1nc(C(=O)NCC2CCC(O)C2)cs1. The highest BCUT2D eigenvalue weighted by Gasteiger charge is 2.23. The number of nitrogen functional groups attached to an aromatic ring is 1. The van der Waals surface area contributed by atoms with Crippen LogP contribution in [0, 0.1) is 5.92 Å². The molecular formula is C10H15N3O2S. The summed E-state index contributed by atoms with van der Waals surface area (Å²) in [5, 5.41) is 14.2. The average molecular weight is 241 g/mol. The van der Waals surface area contributed by atoms with Gasteiger partial charge in [0.25, 0.3) is 5.91 Å². The molecule has 1 saturated carbocycles. The molecule has 1 aromatic rings. The molecule has 0 bridgehead atoms. The molecule has 1 aliphatic rings. The van der Waals surface area contributed by atoms with Gasteiger partial charge in [0.05, 0.1) is 6.10 Å². The molecule has 2 atom stereocenters. The lowest BCUT2D eigenvalue weighted by atomic mass is 10.1. The van der Waals surface area contributed by atoms with E-state index in [1.165, 1.54) is 11.3 Å². The molecule has 6 heteroatoms. The minimum Gasteiger partial charge on any atom is -0.393 e. The zero-order valence-corrected chi connectivity index (χ0v) is 9.67. The second-order valence-corrected chi connectivity index (χ2v) is 5.00. The zero-order valence-electron chi connectivity index (χ0n) is 8.85. The fraction of sp³-hybridized carbons (Fsp3) is 0.600. The predicted molar refractivity (Wildman–Crippen MR) is 62.2 cm³/mol. The number of anilines is 1. The molecule has 1 aromatic heterocycles. The van der Waals surface area contributed by atoms with E-state index in [2.05, 4.69) is 10.3 Å². The number of hydrogen-bond donors (Lipinski definition) is 3. The van der Waals surface area contributed by atoms with E-state index in [0.717, 1.165) is 19.3 Å². The summed E-state index contributed by atoms with van der Waals surface area (Å²) in [6, 6.07) is 0. The number of aromatic nitrogens is 1. The highest BCUT2D eigenvalue weighted by atomic mass is 32.1. The first kappa shape index (κ1) is 11.3. The summed E-state index contributed by atoms with van der Waals surface area (Å²) in [6.07, 6.45) is 2.39. The van der Waals surface area contributed by atoms with Crippen LogP contribution in [-0.2, 0) is 0 Å². The van der Waals surface area contributed by atoms with Gasteiger partial charge >= 0.3 is 0 Å². The predicted octanol–water partition coefficient (Wildman–Crippen LogP) is 0.616. The van der Waals surface area contributed by atoms with Crippen LogP contribution in [-0.4, -0.2) is 28.6 Å². The van der Waals surface area contributed by atoms with E-state index in [1.807, 2.05) is 0 Å². The maximum atomic E-state index is 11.6. The molecule has 88 valence electrons. The third kappa shape index (κ3) is 2.70. The lowest BCUT2D eigenvalue weighted by Crippen LogP contribution is -2.28. The molecule has 0 aromatic carbocycles. The van der Waals surface area contributed by atoms with E-state index >= 15 is 0 Å². The highest BCUT2D eigenvalue weighted by molar-refractivity contribution is 7.13. The van der Waals surface area contributed by atoms with Gasteiger partial charge in [-0.05, 0) is 25.2 Å². The van der Waals surface area contributed by atoms with Crippen LogP contribution in [0.5, 0.6) is 0 Å². The van der Waals surface area contributed by atoms with Crippen molar-refractivity contribution in [3.8, 4) is 0 Å². The molecule has 2 unspecified atom stereocenters. The second kappa shape index (κ2) is 4.80. The molecule has 0 saturated heterocycles. The summed E-state index contributed by atoms with van der Waals surface area (Å²) in [5.41, 5.74) is 5.82. The average Bonchev–Trinajstić information content (AvgIpc) is 2.84. The fourth-order valence-corrected chi connectivity index (χ4v) is 2.50. The van der Waals surface area contributed by atoms with Gasteiger partial charge in [0.2, 0.25) is 0 Å². The van der Waals surface area contributed by atoms with Crippen molar-refractivity contribution in [3.63, 3.8) is 0 Å². The Morgan fingerprint density at radius 2 is 2.50 bits per heavy atom. The molecule has 1 heterocycles. The monoisotopic (exact) mass is 241 g/mol. The lowest BCUT2D eigenvalue weighted by molar-refractivity contribution is 0.0941. The number of aliphatic hydroxyl groups excluding tert-OH is 1. The molecule has 4 N–H and O–H groups in total. The van der Waals surface area contributed by atoms with Crippen molar-refractivity contribution < 1.29 is 9.90 Å². The van der Waals surface area contributed by atoms with E-state index in [1.54, 1.807) is 5.38 Å². The van der Waals surface area contributed by atoms with Gasteiger partial charge in [0, 0.05) is 11.9 Å². The highest BCUT2D eigenvalue weighted by Crippen LogP contribution is 2.24. The summed E-state index contributed by atoms with van der Waals surface area (Å²) < 4.78 is 0. The molecule has 1 amide bonds. The van der Waals surface area contributed by atoms with Crippen LogP contribution in [0.2, 0.25) is 0 Å². The first-order chi connectivity index (χ1) is 7.65. The zero-order chi connectivity index (χ0) is 11.5. The summed E-state index contributed by atoms with van der Waals surface area (Å²) in [4.78, 5) is 15.5. The van der Waals surface area contributed by atoms with Gasteiger partial charge in [-0.25, -0.2) is 4.98 Å². The van der Waals surface area contributed by atoms with Gasteiger partial charge in [0.15, 0.2) is 5.13 Å². The molecule has 0 radical (unpaired) electrons. The van der Waals surface area contributed by atoms with Crippen LogP contribution in [0.1, 0.15) is 29.8 Å². The van der Waals surface area contributed by atoms with Gasteiger partial charge in [-0.1, -0.05) is 0 Å². The lowest BCUT2D eigenvalue weighted by Gasteiger charge is -2.09. The summed E-state index contributed by atoms with van der Waals surface area (Å²) >= 11 is 1.26. The number of carbonyl (C=O) groups is 1. The van der Waals surface area contributed by atoms with E-state index in [0.29, 0.717) is 23.3 Å². The topological polar surface area (TPSA) is 88.2 Å². The van der Waals surface area contributed by atoms with Crippen molar-refractivity contribution in [3.05, 3.63) is 11.1 Å². The molecule has 2 rings (SSSR count). The van der Waals surface area contributed by atoms with Crippen molar-refractivity contribution in [1.82, 2.24) is 10.3 Å². The van der Waals surface area contributed by atoms with Crippen LogP contribution in [0.15, 0.2) is 5.38 Å². The fourth-order valence-electron chi connectivity index (χ4n) is 1.95. The molecule has 1 aliphatic carbocycles. The number of nitrogens with one attached hydrogen (secondary N) is 1. The Morgan fingerprint density at radius 1 is 1.69 bits per heavy atom. The number of hydrogen-bond acceptors (Lipinski definition) is 5. The summed E-state index contributed by atoms with van der Waals surface area (Å²) in [7, 11) is 0. The molecule has 0 aliphatic heterocycles.